The Hall–Kier alpha value is -1.75. The minimum atomic E-state index is -0.454. The molecule has 0 atom stereocenters. The van der Waals surface area contributed by atoms with Gasteiger partial charge in [-0.3, -0.25) is 0 Å². The number of rotatable bonds is 5. The van der Waals surface area contributed by atoms with Crippen LogP contribution in [0.25, 0.3) is 0 Å². The van der Waals surface area contributed by atoms with Crippen molar-refractivity contribution in [3.05, 3.63) is 23.8 Å². The van der Waals surface area contributed by atoms with Gasteiger partial charge in [-0.2, -0.15) is 0 Å². The van der Waals surface area contributed by atoms with E-state index >= 15 is 0 Å². The number of nitrogen functional groups attached to an aromatic ring is 1. The third-order valence-electron chi connectivity index (χ3n) is 3.20. The second-order valence-electron chi connectivity index (χ2n) is 5.24. The van der Waals surface area contributed by atoms with Crippen molar-refractivity contribution in [2.24, 2.45) is 0 Å². The molecule has 2 N–H and O–H groups in total. The minimum Gasteiger partial charge on any atom is -0.491 e. The Bertz CT molecular complexity index is 456. The minimum absolute atomic E-state index is 0.144. The molecule has 1 aromatic rings. The molecule has 19 heavy (non-hydrogen) atoms. The fourth-order valence-corrected chi connectivity index (χ4v) is 1.33. The molecule has 0 fully saturated rings. The highest BCUT2D eigenvalue weighted by molar-refractivity contribution is 5.93. The van der Waals surface area contributed by atoms with Gasteiger partial charge < -0.3 is 20.1 Å². The summed E-state index contributed by atoms with van der Waals surface area (Å²) in [6, 6.07) is 4.95. The van der Waals surface area contributed by atoms with E-state index in [1.165, 1.54) is 7.11 Å². The maximum absolute atomic E-state index is 11.7. The van der Waals surface area contributed by atoms with Gasteiger partial charge in [0.1, 0.15) is 17.9 Å². The summed E-state index contributed by atoms with van der Waals surface area (Å²) < 4.78 is 10.5. The normalized spacial score (nSPS) is 11.5. The van der Waals surface area contributed by atoms with Gasteiger partial charge in [-0.25, -0.2) is 4.79 Å². The zero-order valence-corrected chi connectivity index (χ0v) is 12.2. The first-order valence-electron chi connectivity index (χ1n) is 6.06. The molecule has 0 radical (unpaired) electrons. The van der Waals surface area contributed by atoms with Gasteiger partial charge in [-0.05, 0) is 46.1 Å². The Kier molecular flexibility index (Phi) is 4.78. The number of likely N-dealkylation sites (N-methyl/N-ethyl adjacent to an activating group) is 1. The van der Waals surface area contributed by atoms with Crippen LogP contribution in [0.5, 0.6) is 5.75 Å². The van der Waals surface area contributed by atoms with Crippen LogP contribution in [-0.2, 0) is 4.74 Å². The van der Waals surface area contributed by atoms with Crippen LogP contribution >= 0.6 is 0 Å². The van der Waals surface area contributed by atoms with E-state index < -0.39 is 5.97 Å². The van der Waals surface area contributed by atoms with Gasteiger partial charge in [0, 0.05) is 11.2 Å². The predicted molar refractivity (Wildman–Crippen MR) is 75.5 cm³/mol. The third kappa shape index (κ3) is 3.86. The molecule has 0 aromatic heterocycles. The molecule has 0 aliphatic rings. The lowest BCUT2D eigenvalue weighted by Crippen LogP contribution is -2.43. The summed E-state index contributed by atoms with van der Waals surface area (Å²) in [5.74, 6) is 0.0286. The highest BCUT2D eigenvalue weighted by Crippen LogP contribution is 2.24. The van der Waals surface area contributed by atoms with Crippen LogP contribution in [0.2, 0.25) is 0 Å². The molecule has 0 heterocycles. The molecule has 0 amide bonds. The van der Waals surface area contributed by atoms with E-state index in [9.17, 15) is 4.79 Å². The average molecular weight is 266 g/mol. The SMILES string of the molecule is COC(=O)c1cc(N)ccc1OCC(C)(C)N(C)C. The fraction of sp³-hybridized carbons (Fsp3) is 0.500. The maximum Gasteiger partial charge on any atom is 0.341 e. The molecule has 1 rings (SSSR count). The van der Waals surface area contributed by atoms with Crippen molar-refractivity contribution >= 4 is 11.7 Å². The third-order valence-corrected chi connectivity index (χ3v) is 3.20. The Labute approximate surface area is 114 Å². The summed E-state index contributed by atoms with van der Waals surface area (Å²) >= 11 is 0. The number of anilines is 1. The quantitative estimate of drug-likeness (QED) is 0.650. The summed E-state index contributed by atoms with van der Waals surface area (Å²) in [6.07, 6.45) is 0. The van der Waals surface area contributed by atoms with E-state index in [0.29, 0.717) is 23.6 Å². The molecule has 0 aliphatic heterocycles. The van der Waals surface area contributed by atoms with Gasteiger partial charge in [0.05, 0.1) is 7.11 Å². The highest BCUT2D eigenvalue weighted by Gasteiger charge is 2.23. The number of esters is 1. The first-order valence-corrected chi connectivity index (χ1v) is 6.06. The van der Waals surface area contributed by atoms with E-state index in [-0.39, 0.29) is 5.54 Å². The molecule has 0 spiro atoms. The van der Waals surface area contributed by atoms with E-state index in [4.69, 9.17) is 15.2 Å². The van der Waals surface area contributed by atoms with Gasteiger partial charge in [-0.15, -0.1) is 0 Å². The van der Waals surface area contributed by atoms with E-state index in [0.717, 1.165) is 0 Å². The molecule has 0 saturated carbocycles. The van der Waals surface area contributed by atoms with Crippen molar-refractivity contribution in [1.29, 1.82) is 0 Å². The fourth-order valence-electron chi connectivity index (χ4n) is 1.33. The van der Waals surface area contributed by atoms with E-state index in [1.807, 2.05) is 14.1 Å². The van der Waals surface area contributed by atoms with Crippen molar-refractivity contribution in [3.63, 3.8) is 0 Å². The molecule has 0 bridgehead atoms. The molecule has 1 aromatic carbocycles. The highest BCUT2D eigenvalue weighted by atomic mass is 16.5. The van der Waals surface area contributed by atoms with Crippen LogP contribution in [0.3, 0.4) is 0 Å². The number of hydrogen-bond acceptors (Lipinski definition) is 5. The zero-order valence-electron chi connectivity index (χ0n) is 12.2. The van der Waals surface area contributed by atoms with Crippen molar-refractivity contribution in [1.82, 2.24) is 4.90 Å². The Morgan fingerprint density at radius 1 is 1.37 bits per heavy atom. The van der Waals surface area contributed by atoms with Gasteiger partial charge in [0.15, 0.2) is 0 Å². The number of carbonyl (C=O) groups is 1. The van der Waals surface area contributed by atoms with Gasteiger partial charge >= 0.3 is 5.97 Å². The van der Waals surface area contributed by atoms with Crippen LogP contribution < -0.4 is 10.5 Å². The van der Waals surface area contributed by atoms with E-state index in [1.54, 1.807) is 18.2 Å². The number of nitrogens with two attached hydrogens (primary N) is 1. The van der Waals surface area contributed by atoms with Crippen LogP contribution in [-0.4, -0.2) is 44.2 Å². The summed E-state index contributed by atoms with van der Waals surface area (Å²) in [5, 5.41) is 0. The maximum atomic E-state index is 11.7. The average Bonchev–Trinajstić information content (AvgIpc) is 2.36. The molecule has 106 valence electrons. The van der Waals surface area contributed by atoms with Crippen molar-refractivity contribution < 1.29 is 14.3 Å². The number of hydrogen-bond donors (Lipinski definition) is 1. The van der Waals surface area contributed by atoms with Crippen LogP contribution in [0.1, 0.15) is 24.2 Å². The zero-order chi connectivity index (χ0) is 14.6. The van der Waals surface area contributed by atoms with E-state index in [2.05, 4.69) is 18.7 Å². The number of nitrogens with zero attached hydrogens (tertiary/aromatic N) is 1. The number of methoxy groups -OCH3 is 1. The molecule has 0 unspecified atom stereocenters. The van der Waals surface area contributed by atoms with Gasteiger partial charge in [0.25, 0.3) is 0 Å². The van der Waals surface area contributed by atoms with Gasteiger partial charge in [-0.1, -0.05) is 0 Å². The summed E-state index contributed by atoms with van der Waals surface area (Å²) in [7, 11) is 5.29. The Morgan fingerprint density at radius 2 is 2.00 bits per heavy atom. The second-order valence-corrected chi connectivity index (χ2v) is 5.24. The monoisotopic (exact) mass is 266 g/mol. The van der Waals surface area contributed by atoms with Crippen molar-refractivity contribution in [2.45, 2.75) is 19.4 Å². The van der Waals surface area contributed by atoms with Gasteiger partial charge in [0.2, 0.25) is 0 Å². The van der Waals surface area contributed by atoms with Crippen molar-refractivity contribution in [2.75, 3.05) is 33.5 Å². The molecule has 0 saturated heterocycles. The lowest BCUT2D eigenvalue weighted by atomic mass is 10.1. The molecule has 5 heteroatoms. The Morgan fingerprint density at radius 3 is 2.53 bits per heavy atom. The largest absolute Gasteiger partial charge is 0.491 e. The second kappa shape index (κ2) is 5.93. The van der Waals surface area contributed by atoms with Crippen LogP contribution in [0, 0.1) is 0 Å². The topological polar surface area (TPSA) is 64.8 Å². The number of benzene rings is 1. The van der Waals surface area contributed by atoms with Crippen LogP contribution in [0.4, 0.5) is 5.69 Å². The smallest absolute Gasteiger partial charge is 0.341 e. The summed E-state index contributed by atoms with van der Waals surface area (Å²) in [5.41, 5.74) is 6.38. The first-order chi connectivity index (χ1) is 8.77. The molecule has 5 nitrogen and oxygen atoms in total. The van der Waals surface area contributed by atoms with Crippen LogP contribution in [0.15, 0.2) is 18.2 Å². The standard InChI is InChI=1S/C14H22N2O3/c1-14(2,16(3)4)9-19-12-7-6-10(15)8-11(12)13(17)18-5/h6-8H,9,15H2,1-5H3. The first kappa shape index (κ1) is 15.3. The summed E-state index contributed by atoms with van der Waals surface area (Å²) in [4.78, 5) is 13.7. The Balaban J connectivity index is 2.92. The van der Waals surface area contributed by atoms with Crippen molar-refractivity contribution in [3.8, 4) is 5.75 Å². The molecular weight excluding hydrogens is 244 g/mol. The molecular formula is C14H22N2O3. The lowest BCUT2D eigenvalue weighted by Gasteiger charge is -2.32. The molecule has 0 aliphatic carbocycles. The number of carbonyl (C=O) groups excluding carboxylic acids is 1. The lowest BCUT2D eigenvalue weighted by molar-refractivity contribution is 0.0589. The summed E-state index contributed by atoms with van der Waals surface area (Å²) in [6.45, 7) is 4.57. The number of ether oxygens (including phenoxy) is 2. The predicted octanol–water partition coefficient (Wildman–Crippen LogP) is 1.77.